The van der Waals surface area contributed by atoms with Gasteiger partial charge in [-0.3, -0.25) is 4.79 Å². The Hall–Kier alpha value is -1.25. The van der Waals surface area contributed by atoms with Gasteiger partial charge in [-0.05, 0) is 12.5 Å². The molecular weight excluding hydrogens is 168 g/mol. The van der Waals surface area contributed by atoms with Crippen LogP contribution >= 0.6 is 0 Å². The molecule has 0 spiro atoms. The van der Waals surface area contributed by atoms with Gasteiger partial charge in [0, 0.05) is 13.3 Å². The van der Waals surface area contributed by atoms with Crippen molar-refractivity contribution < 1.29 is 14.3 Å². The number of hydrogen-bond acceptors (Lipinski definition) is 3. The summed E-state index contributed by atoms with van der Waals surface area (Å²) in [7, 11) is 0. The van der Waals surface area contributed by atoms with Crippen LogP contribution in [0.5, 0.6) is 0 Å². The highest BCUT2D eigenvalue weighted by atomic mass is 16.7. The average Bonchev–Trinajstić information content (AvgIpc) is 2.47. The Morgan fingerprint density at radius 1 is 1.69 bits per heavy atom. The van der Waals surface area contributed by atoms with E-state index in [9.17, 15) is 4.79 Å². The maximum Gasteiger partial charge on any atom is 0.247 e. The fourth-order valence-corrected chi connectivity index (χ4v) is 0.925. The lowest BCUT2D eigenvalue weighted by molar-refractivity contribution is -0.143. The van der Waals surface area contributed by atoms with Crippen molar-refractivity contribution in [3.63, 3.8) is 0 Å². The first-order chi connectivity index (χ1) is 5.98. The minimum absolute atomic E-state index is 0.197. The predicted molar refractivity (Wildman–Crippen MR) is 48.8 cm³/mol. The van der Waals surface area contributed by atoms with Crippen LogP contribution in [-0.4, -0.2) is 11.6 Å². The van der Waals surface area contributed by atoms with Crippen LogP contribution in [0, 0.1) is 0 Å². The number of ketones is 1. The second-order valence-corrected chi connectivity index (χ2v) is 3.30. The van der Waals surface area contributed by atoms with Crippen molar-refractivity contribution in [1.29, 1.82) is 0 Å². The minimum Gasteiger partial charge on any atom is -0.456 e. The van der Waals surface area contributed by atoms with E-state index in [1.807, 2.05) is 6.92 Å². The van der Waals surface area contributed by atoms with Crippen molar-refractivity contribution in [3.05, 3.63) is 24.2 Å². The fraction of sp³-hybridized carbons (Fsp3) is 0.500. The van der Waals surface area contributed by atoms with Gasteiger partial charge in [0.15, 0.2) is 0 Å². The summed E-state index contributed by atoms with van der Waals surface area (Å²) in [5, 5.41) is 0. The number of ether oxygens (including phenoxy) is 2. The fourth-order valence-electron chi connectivity index (χ4n) is 0.925. The van der Waals surface area contributed by atoms with Crippen LogP contribution in [0.2, 0.25) is 0 Å². The molecule has 72 valence electrons. The van der Waals surface area contributed by atoms with E-state index in [2.05, 4.69) is 6.58 Å². The molecule has 0 aromatic rings. The van der Waals surface area contributed by atoms with Gasteiger partial charge in [-0.25, -0.2) is 0 Å². The maximum atomic E-state index is 11.4. The first kappa shape index (κ1) is 9.84. The van der Waals surface area contributed by atoms with Crippen molar-refractivity contribution >= 4 is 5.78 Å². The lowest BCUT2D eigenvalue weighted by atomic mass is 10.2. The Morgan fingerprint density at radius 2 is 2.31 bits per heavy atom. The summed E-state index contributed by atoms with van der Waals surface area (Å²) in [5.41, 5.74) is 0.454. The molecule has 13 heavy (non-hydrogen) atoms. The van der Waals surface area contributed by atoms with Crippen LogP contribution in [-0.2, 0) is 14.3 Å². The summed E-state index contributed by atoms with van der Waals surface area (Å²) < 4.78 is 10.6. The van der Waals surface area contributed by atoms with Crippen molar-refractivity contribution in [3.8, 4) is 0 Å². The van der Waals surface area contributed by atoms with Crippen molar-refractivity contribution in [1.82, 2.24) is 0 Å². The van der Waals surface area contributed by atoms with E-state index in [-0.39, 0.29) is 11.5 Å². The maximum absolute atomic E-state index is 11.4. The molecule has 0 N–H and O–H groups in total. The molecule has 3 nitrogen and oxygen atoms in total. The zero-order chi connectivity index (χ0) is 10.1. The molecule has 0 bridgehead atoms. The largest absolute Gasteiger partial charge is 0.456 e. The van der Waals surface area contributed by atoms with Gasteiger partial charge < -0.3 is 9.47 Å². The molecule has 0 saturated carbocycles. The van der Waals surface area contributed by atoms with Gasteiger partial charge in [0.05, 0.1) is 0 Å². The molecule has 0 aromatic heterocycles. The van der Waals surface area contributed by atoms with E-state index >= 15 is 0 Å². The van der Waals surface area contributed by atoms with E-state index < -0.39 is 5.79 Å². The van der Waals surface area contributed by atoms with Crippen molar-refractivity contribution in [2.24, 2.45) is 0 Å². The average molecular weight is 182 g/mol. The predicted octanol–water partition coefficient (Wildman–Crippen LogP) is 2.15. The summed E-state index contributed by atoms with van der Waals surface area (Å²) >= 11 is 0. The number of Topliss-reactive ketones (excluding diaryl/α,β-unsaturated/α-hetero) is 1. The number of hydrogen-bond donors (Lipinski definition) is 0. The van der Waals surface area contributed by atoms with Crippen LogP contribution in [0.15, 0.2) is 24.2 Å². The molecule has 1 unspecified atom stereocenters. The second-order valence-electron chi connectivity index (χ2n) is 3.30. The Balaban J connectivity index is 2.69. The quantitative estimate of drug-likeness (QED) is 0.627. The van der Waals surface area contributed by atoms with Gasteiger partial charge in [0.25, 0.3) is 0 Å². The normalized spacial score (nSPS) is 25.9. The number of carbonyl (C=O) groups excluding carboxylic acids is 1. The monoisotopic (exact) mass is 182 g/mol. The molecule has 1 rings (SSSR count). The van der Waals surface area contributed by atoms with E-state index in [0.29, 0.717) is 12.0 Å². The first-order valence-corrected chi connectivity index (χ1v) is 4.26. The molecule has 0 fully saturated rings. The molecule has 0 amide bonds. The zero-order valence-corrected chi connectivity index (χ0v) is 8.22. The number of carbonyl (C=O) groups is 1. The molecule has 3 heteroatoms. The molecular formula is C10H14O3. The smallest absolute Gasteiger partial charge is 0.247 e. The standard InChI is InChI=1S/C10H14O3/c1-5-10(4)12-6-8(13-10)9(11)7(2)3/h6H,2,5H2,1,3-4H3. The third-order valence-electron chi connectivity index (χ3n) is 1.99. The third-order valence-corrected chi connectivity index (χ3v) is 1.99. The molecule has 1 aliphatic heterocycles. The Labute approximate surface area is 78.0 Å². The minimum atomic E-state index is -0.680. The molecule has 1 atom stereocenters. The molecule has 0 aromatic carbocycles. The van der Waals surface area contributed by atoms with Crippen LogP contribution in [0.25, 0.3) is 0 Å². The van der Waals surface area contributed by atoms with Gasteiger partial charge in [0.2, 0.25) is 17.3 Å². The second kappa shape index (κ2) is 3.24. The van der Waals surface area contributed by atoms with Gasteiger partial charge in [-0.2, -0.15) is 0 Å². The highest BCUT2D eigenvalue weighted by Crippen LogP contribution is 2.29. The van der Waals surface area contributed by atoms with Crippen molar-refractivity contribution in [2.45, 2.75) is 33.0 Å². The number of allylic oxidation sites excluding steroid dienone is 1. The first-order valence-electron chi connectivity index (χ1n) is 4.26. The highest BCUT2D eigenvalue weighted by Gasteiger charge is 2.34. The zero-order valence-electron chi connectivity index (χ0n) is 8.22. The molecule has 0 saturated heterocycles. The van der Waals surface area contributed by atoms with Gasteiger partial charge in [-0.15, -0.1) is 0 Å². The summed E-state index contributed by atoms with van der Waals surface area (Å²) in [6.45, 7) is 8.92. The Bertz CT molecular complexity index is 278. The van der Waals surface area contributed by atoms with Crippen LogP contribution in [0.3, 0.4) is 0 Å². The SMILES string of the molecule is C=C(C)C(=O)C1=COC(C)(CC)O1. The van der Waals surface area contributed by atoms with Crippen molar-refractivity contribution in [2.75, 3.05) is 0 Å². The van der Waals surface area contributed by atoms with E-state index in [4.69, 9.17) is 9.47 Å². The summed E-state index contributed by atoms with van der Waals surface area (Å²) in [4.78, 5) is 11.4. The molecule has 0 aliphatic carbocycles. The van der Waals surface area contributed by atoms with E-state index in [0.717, 1.165) is 0 Å². The lowest BCUT2D eigenvalue weighted by Crippen LogP contribution is -2.25. The lowest BCUT2D eigenvalue weighted by Gasteiger charge is -2.21. The number of rotatable bonds is 3. The summed E-state index contributed by atoms with van der Waals surface area (Å²) in [5.74, 6) is -0.630. The van der Waals surface area contributed by atoms with Gasteiger partial charge in [-0.1, -0.05) is 13.5 Å². The Morgan fingerprint density at radius 3 is 2.69 bits per heavy atom. The van der Waals surface area contributed by atoms with E-state index in [1.54, 1.807) is 13.8 Å². The molecule has 0 radical (unpaired) electrons. The topological polar surface area (TPSA) is 35.5 Å². The van der Waals surface area contributed by atoms with Crippen LogP contribution < -0.4 is 0 Å². The summed E-state index contributed by atoms with van der Waals surface area (Å²) in [6, 6.07) is 0. The van der Waals surface area contributed by atoms with Crippen LogP contribution in [0.4, 0.5) is 0 Å². The van der Waals surface area contributed by atoms with E-state index in [1.165, 1.54) is 6.26 Å². The third kappa shape index (κ3) is 1.91. The molecule has 1 aliphatic rings. The highest BCUT2D eigenvalue weighted by molar-refractivity contribution is 6.05. The van der Waals surface area contributed by atoms with Gasteiger partial charge >= 0.3 is 0 Å². The Kier molecular flexibility index (Phi) is 2.45. The summed E-state index contributed by atoms with van der Waals surface area (Å²) in [6.07, 6.45) is 2.05. The van der Waals surface area contributed by atoms with Gasteiger partial charge in [0.1, 0.15) is 6.26 Å². The van der Waals surface area contributed by atoms with Crippen LogP contribution in [0.1, 0.15) is 27.2 Å². The molecule has 1 heterocycles.